The van der Waals surface area contributed by atoms with Crippen molar-refractivity contribution in [2.75, 3.05) is 0 Å². The van der Waals surface area contributed by atoms with Crippen molar-refractivity contribution in [3.05, 3.63) is 51.1 Å². The van der Waals surface area contributed by atoms with Gasteiger partial charge in [0.05, 0.1) is 16.8 Å². The molecule has 2 aliphatic heterocycles. The molecule has 0 aliphatic carbocycles. The summed E-state index contributed by atoms with van der Waals surface area (Å²) in [5, 5.41) is 11.8. The number of amidine groups is 1. The van der Waals surface area contributed by atoms with Crippen LogP contribution in [0.15, 0.2) is 50.5 Å². The van der Waals surface area contributed by atoms with E-state index in [0.717, 1.165) is 15.7 Å². The van der Waals surface area contributed by atoms with Crippen LogP contribution in [0.3, 0.4) is 0 Å². The number of hydrogen-bond acceptors (Lipinski definition) is 5. The molecule has 0 saturated carbocycles. The number of carboxylic acids is 1. The molecule has 0 amide bonds. The fraction of sp³-hybridized carbons (Fsp3) is 0.429. The smallest absolute Gasteiger partial charge is 0.337 e. The van der Waals surface area contributed by atoms with Crippen molar-refractivity contribution in [2.24, 2.45) is 4.99 Å². The van der Waals surface area contributed by atoms with Crippen molar-refractivity contribution in [1.29, 1.82) is 0 Å². The summed E-state index contributed by atoms with van der Waals surface area (Å²) in [5.74, 6) is -0.455. The average Bonchev–Trinajstić information content (AvgIpc) is 3.03. The van der Waals surface area contributed by atoms with Gasteiger partial charge in [-0.25, -0.2) is 9.80 Å². The van der Waals surface area contributed by atoms with E-state index in [1.165, 1.54) is 0 Å². The maximum Gasteiger partial charge on any atom is 0.337 e. The molecule has 0 spiro atoms. The first kappa shape index (κ1) is 21.9. The molecule has 2 heterocycles. The van der Waals surface area contributed by atoms with E-state index in [4.69, 9.17) is 21.3 Å². The minimum Gasteiger partial charge on any atom is -0.479 e. The molecule has 29 heavy (non-hydrogen) atoms. The number of ether oxygens (including phenoxy) is 1. The summed E-state index contributed by atoms with van der Waals surface area (Å²) in [6.07, 6.45) is 1.28. The van der Waals surface area contributed by atoms with Gasteiger partial charge in [-0.15, -0.1) is 0 Å². The van der Waals surface area contributed by atoms with Gasteiger partial charge in [0.15, 0.2) is 11.9 Å². The number of carboxylic acid groups (broad SMARTS) is 1. The van der Waals surface area contributed by atoms with Crippen LogP contribution in [0, 0.1) is 0 Å². The first-order chi connectivity index (χ1) is 13.4. The van der Waals surface area contributed by atoms with E-state index in [0.29, 0.717) is 17.8 Å². The van der Waals surface area contributed by atoms with Crippen LogP contribution in [-0.2, 0) is 9.53 Å². The minimum absolute atomic E-state index is 0.275. The molecule has 8 heteroatoms. The monoisotopic (exact) mass is 481 g/mol. The predicted octanol–water partition coefficient (Wildman–Crippen LogP) is 4.91. The van der Waals surface area contributed by atoms with Crippen molar-refractivity contribution in [3.8, 4) is 0 Å². The quantitative estimate of drug-likeness (QED) is 0.583. The third kappa shape index (κ3) is 4.37. The van der Waals surface area contributed by atoms with Crippen LogP contribution >= 0.6 is 27.5 Å². The van der Waals surface area contributed by atoms with Gasteiger partial charge in [-0.2, -0.15) is 0 Å². The van der Waals surface area contributed by atoms with Gasteiger partial charge in [-0.05, 0) is 46.2 Å². The van der Waals surface area contributed by atoms with Crippen LogP contribution in [-0.4, -0.2) is 39.2 Å². The lowest BCUT2D eigenvalue weighted by molar-refractivity contribution is -0.156. The van der Waals surface area contributed by atoms with E-state index in [2.05, 4.69) is 21.4 Å². The number of nitrogens with zero attached hydrogens (tertiary/aromatic N) is 2. The van der Waals surface area contributed by atoms with E-state index in [9.17, 15) is 9.90 Å². The van der Waals surface area contributed by atoms with Crippen LogP contribution in [0.1, 0.15) is 46.6 Å². The normalized spacial score (nSPS) is 22.7. The summed E-state index contributed by atoms with van der Waals surface area (Å²) >= 11 is 10.3. The van der Waals surface area contributed by atoms with Gasteiger partial charge in [0.1, 0.15) is 5.16 Å². The van der Waals surface area contributed by atoms with Gasteiger partial charge >= 0.3 is 5.97 Å². The number of fused-ring (bicyclic) bond motifs is 1. The maximum absolute atomic E-state index is 12.1. The molecule has 2 atom stereocenters. The lowest BCUT2D eigenvalue weighted by atomic mass is 9.85. The number of benzene rings is 1. The molecule has 0 aromatic heterocycles. The number of rotatable bonds is 5. The molecule has 2 unspecified atom stereocenters. The van der Waals surface area contributed by atoms with E-state index in [1.807, 2.05) is 65.0 Å². The number of hydrazine groups is 1. The van der Waals surface area contributed by atoms with Gasteiger partial charge in [-0.1, -0.05) is 46.6 Å². The Kier molecular flexibility index (Phi) is 5.87. The highest BCUT2D eigenvalue weighted by atomic mass is 79.9. The first-order valence-electron chi connectivity index (χ1n) is 9.40. The molecule has 1 aromatic carbocycles. The van der Waals surface area contributed by atoms with Crippen molar-refractivity contribution >= 4 is 45.0 Å². The Morgan fingerprint density at radius 3 is 2.69 bits per heavy atom. The lowest BCUT2D eigenvalue weighted by Gasteiger charge is -2.40. The molecule has 0 bridgehead atoms. The number of carbonyl (C=O) groups is 1. The van der Waals surface area contributed by atoms with E-state index < -0.39 is 23.2 Å². The average molecular weight is 483 g/mol. The van der Waals surface area contributed by atoms with Crippen LogP contribution in [0.25, 0.3) is 5.70 Å². The summed E-state index contributed by atoms with van der Waals surface area (Å²) in [4.78, 5) is 17.0. The molecule has 3 rings (SSSR count). The van der Waals surface area contributed by atoms with Gasteiger partial charge in [0, 0.05) is 21.7 Å². The second-order valence-corrected chi connectivity index (χ2v) is 9.54. The second kappa shape index (κ2) is 7.78. The Labute approximate surface area is 184 Å². The zero-order chi connectivity index (χ0) is 21.6. The number of hydrogen-bond donors (Lipinski definition) is 2. The second-order valence-electron chi connectivity index (χ2n) is 8.27. The van der Waals surface area contributed by atoms with Crippen molar-refractivity contribution in [2.45, 2.75) is 58.3 Å². The molecule has 2 aliphatic rings. The van der Waals surface area contributed by atoms with Crippen LogP contribution in [0.2, 0.25) is 0 Å². The van der Waals surface area contributed by atoms with Gasteiger partial charge in [0.2, 0.25) is 0 Å². The summed E-state index contributed by atoms with van der Waals surface area (Å²) < 4.78 is 6.85. The SMILES string of the molecule is CCC1(C)N=C2C=C(c3cccc(Br)c3)NN2C(Cl)=C1C(OC(C)(C)C)C(=O)O. The third-order valence-corrected chi connectivity index (χ3v) is 5.74. The molecule has 2 N–H and O–H groups in total. The highest BCUT2D eigenvalue weighted by Gasteiger charge is 2.46. The van der Waals surface area contributed by atoms with E-state index in [-0.39, 0.29) is 5.16 Å². The summed E-state index contributed by atoms with van der Waals surface area (Å²) in [7, 11) is 0. The Morgan fingerprint density at radius 1 is 1.45 bits per heavy atom. The molecule has 0 fully saturated rings. The topological polar surface area (TPSA) is 74.2 Å². The molecular weight excluding hydrogens is 458 g/mol. The van der Waals surface area contributed by atoms with E-state index >= 15 is 0 Å². The van der Waals surface area contributed by atoms with Crippen molar-refractivity contribution < 1.29 is 14.6 Å². The van der Waals surface area contributed by atoms with Gasteiger partial charge in [-0.3, -0.25) is 10.4 Å². The Hall–Kier alpha value is -1.83. The Bertz CT molecular complexity index is 935. The Balaban J connectivity index is 2.06. The molecule has 0 radical (unpaired) electrons. The van der Waals surface area contributed by atoms with Gasteiger partial charge < -0.3 is 9.84 Å². The fourth-order valence-corrected chi connectivity index (χ4v) is 4.17. The predicted molar refractivity (Wildman–Crippen MR) is 118 cm³/mol. The standard InChI is InChI=1S/C21H25BrClN3O3/c1-6-21(5)16(17(19(27)28)29-20(2,3)4)18(23)26-15(24-21)11-14(25-26)12-8-7-9-13(22)10-12/h7-11,17,25H,6H2,1-5H3,(H,27,28). The molecule has 156 valence electrons. The fourth-order valence-electron chi connectivity index (χ4n) is 3.34. The largest absolute Gasteiger partial charge is 0.479 e. The summed E-state index contributed by atoms with van der Waals surface area (Å²) in [6, 6.07) is 7.85. The highest BCUT2D eigenvalue weighted by molar-refractivity contribution is 9.10. The summed E-state index contributed by atoms with van der Waals surface area (Å²) in [5.41, 5.74) is 3.99. The Morgan fingerprint density at radius 2 is 2.14 bits per heavy atom. The lowest BCUT2D eigenvalue weighted by Crippen LogP contribution is -2.49. The maximum atomic E-state index is 12.1. The minimum atomic E-state index is -1.21. The number of halogens is 2. The zero-order valence-corrected chi connectivity index (χ0v) is 19.4. The third-order valence-electron chi connectivity index (χ3n) is 4.88. The van der Waals surface area contributed by atoms with E-state index in [1.54, 1.807) is 5.01 Å². The first-order valence-corrected chi connectivity index (χ1v) is 10.6. The molecular formula is C21H25BrClN3O3. The zero-order valence-electron chi connectivity index (χ0n) is 17.1. The van der Waals surface area contributed by atoms with Gasteiger partial charge in [0.25, 0.3) is 0 Å². The summed E-state index contributed by atoms with van der Waals surface area (Å²) in [6.45, 7) is 9.31. The molecule has 6 nitrogen and oxygen atoms in total. The molecule has 1 aromatic rings. The van der Waals surface area contributed by atoms with Crippen LogP contribution in [0.4, 0.5) is 0 Å². The van der Waals surface area contributed by atoms with Crippen LogP contribution in [0.5, 0.6) is 0 Å². The highest BCUT2D eigenvalue weighted by Crippen LogP contribution is 2.41. The van der Waals surface area contributed by atoms with Crippen LogP contribution < -0.4 is 5.43 Å². The molecule has 0 saturated heterocycles. The number of aliphatic imine (C=N–C) groups is 1. The van der Waals surface area contributed by atoms with Crippen molar-refractivity contribution in [1.82, 2.24) is 10.4 Å². The number of nitrogens with one attached hydrogen (secondary N) is 1. The number of aliphatic carboxylic acids is 1. The van der Waals surface area contributed by atoms with Crippen molar-refractivity contribution in [3.63, 3.8) is 0 Å².